The molecule has 0 spiro atoms. The molecule has 3 rings (SSSR count). The highest BCUT2D eigenvalue weighted by atomic mass is 32.1. The van der Waals surface area contributed by atoms with E-state index in [0.717, 1.165) is 12.2 Å². The van der Waals surface area contributed by atoms with Crippen molar-refractivity contribution in [3.63, 3.8) is 0 Å². The minimum absolute atomic E-state index is 0.396. The molecule has 1 aliphatic carbocycles. The first-order valence-electron chi connectivity index (χ1n) is 6.98. The van der Waals surface area contributed by atoms with Crippen LogP contribution in [0.4, 0.5) is 0 Å². The number of benzene rings is 1. The first-order valence-corrected chi connectivity index (χ1v) is 7.86. The van der Waals surface area contributed by atoms with E-state index >= 15 is 0 Å². The summed E-state index contributed by atoms with van der Waals surface area (Å²) in [6.07, 6.45) is 3.84. The van der Waals surface area contributed by atoms with Crippen LogP contribution in [0.25, 0.3) is 0 Å². The summed E-state index contributed by atoms with van der Waals surface area (Å²) >= 11 is 1.73. The second-order valence-electron chi connectivity index (χ2n) is 5.35. The number of thiazole rings is 1. The molecule has 1 aliphatic rings. The van der Waals surface area contributed by atoms with E-state index in [1.54, 1.807) is 22.5 Å². The SMILES string of the molecule is Cc1ncsc1CNC(C)c1ccc2c(c1)CCC2. The van der Waals surface area contributed by atoms with Crippen molar-refractivity contribution < 1.29 is 0 Å². The molecule has 2 nitrogen and oxygen atoms in total. The topological polar surface area (TPSA) is 24.9 Å². The number of nitrogens with one attached hydrogen (secondary N) is 1. The summed E-state index contributed by atoms with van der Waals surface area (Å²) in [4.78, 5) is 5.63. The lowest BCUT2D eigenvalue weighted by atomic mass is 10.0. The number of hydrogen-bond donors (Lipinski definition) is 1. The van der Waals surface area contributed by atoms with Crippen LogP contribution in [0.1, 0.15) is 46.6 Å². The predicted octanol–water partition coefficient (Wildman–Crippen LogP) is 3.79. The van der Waals surface area contributed by atoms with Gasteiger partial charge >= 0.3 is 0 Å². The maximum absolute atomic E-state index is 4.29. The summed E-state index contributed by atoms with van der Waals surface area (Å²) in [7, 11) is 0. The van der Waals surface area contributed by atoms with Gasteiger partial charge in [0.1, 0.15) is 0 Å². The van der Waals surface area contributed by atoms with Crippen molar-refractivity contribution in [2.75, 3.05) is 0 Å². The first-order chi connectivity index (χ1) is 9.24. The number of fused-ring (bicyclic) bond motifs is 1. The largest absolute Gasteiger partial charge is 0.305 e. The molecule has 1 aromatic carbocycles. The number of hydrogen-bond acceptors (Lipinski definition) is 3. The first kappa shape index (κ1) is 12.8. The Kier molecular flexibility index (Phi) is 3.67. The van der Waals surface area contributed by atoms with E-state index in [-0.39, 0.29) is 0 Å². The molecule has 0 saturated heterocycles. The van der Waals surface area contributed by atoms with E-state index in [1.807, 2.05) is 5.51 Å². The quantitative estimate of drug-likeness (QED) is 0.916. The zero-order chi connectivity index (χ0) is 13.2. The van der Waals surface area contributed by atoms with Crippen LogP contribution >= 0.6 is 11.3 Å². The van der Waals surface area contributed by atoms with Gasteiger partial charge in [-0.05, 0) is 49.8 Å². The van der Waals surface area contributed by atoms with E-state index in [2.05, 4.69) is 42.3 Å². The van der Waals surface area contributed by atoms with Gasteiger partial charge in [0.15, 0.2) is 0 Å². The minimum Gasteiger partial charge on any atom is -0.305 e. The summed E-state index contributed by atoms with van der Waals surface area (Å²) in [6, 6.07) is 7.38. The zero-order valence-electron chi connectivity index (χ0n) is 11.6. The van der Waals surface area contributed by atoms with Gasteiger partial charge in [0.05, 0.1) is 11.2 Å². The highest BCUT2D eigenvalue weighted by molar-refractivity contribution is 7.09. The molecule has 0 fully saturated rings. The van der Waals surface area contributed by atoms with Gasteiger partial charge in [0.25, 0.3) is 0 Å². The van der Waals surface area contributed by atoms with Crippen LogP contribution in [0.5, 0.6) is 0 Å². The van der Waals surface area contributed by atoms with E-state index < -0.39 is 0 Å². The number of nitrogens with zero attached hydrogens (tertiary/aromatic N) is 1. The van der Waals surface area contributed by atoms with E-state index in [4.69, 9.17) is 0 Å². The van der Waals surface area contributed by atoms with Crippen LogP contribution in [-0.2, 0) is 19.4 Å². The number of rotatable bonds is 4. The Morgan fingerprint density at radius 3 is 2.95 bits per heavy atom. The Bertz CT molecular complexity index is 574. The van der Waals surface area contributed by atoms with Crippen molar-refractivity contribution in [1.82, 2.24) is 10.3 Å². The van der Waals surface area contributed by atoms with Crippen LogP contribution in [-0.4, -0.2) is 4.98 Å². The summed E-state index contributed by atoms with van der Waals surface area (Å²) < 4.78 is 0. The van der Waals surface area contributed by atoms with Crippen molar-refractivity contribution in [2.45, 2.75) is 45.7 Å². The van der Waals surface area contributed by atoms with Crippen molar-refractivity contribution in [3.05, 3.63) is 51.0 Å². The molecule has 19 heavy (non-hydrogen) atoms. The predicted molar refractivity (Wildman–Crippen MR) is 80.6 cm³/mol. The monoisotopic (exact) mass is 272 g/mol. The van der Waals surface area contributed by atoms with Crippen LogP contribution in [0.3, 0.4) is 0 Å². The molecular formula is C16H20N2S. The van der Waals surface area contributed by atoms with Gasteiger partial charge in [-0.1, -0.05) is 18.2 Å². The van der Waals surface area contributed by atoms with Gasteiger partial charge in [-0.15, -0.1) is 11.3 Å². The highest BCUT2D eigenvalue weighted by Gasteiger charge is 2.13. The maximum atomic E-state index is 4.29. The molecule has 0 amide bonds. The average Bonchev–Trinajstić information content (AvgIpc) is 3.03. The summed E-state index contributed by atoms with van der Waals surface area (Å²) in [5, 5.41) is 3.60. The zero-order valence-corrected chi connectivity index (χ0v) is 12.4. The van der Waals surface area contributed by atoms with Gasteiger partial charge < -0.3 is 5.32 Å². The van der Waals surface area contributed by atoms with Gasteiger partial charge in [0, 0.05) is 17.5 Å². The fraction of sp³-hybridized carbons (Fsp3) is 0.438. The standard InChI is InChI=1S/C16H20N2S/c1-11(17-9-16-12(2)18-10-19-16)14-7-6-13-4-3-5-15(13)8-14/h6-8,10-11,17H,3-5,9H2,1-2H3. The molecule has 1 N–H and O–H groups in total. The van der Waals surface area contributed by atoms with Gasteiger partial charge in [-0.25, -0.2) is 4.98 Å². The Balaban J connectivity index is 1.67. The lowest BCUT2D eigenvalue weighted by Gasteiger charge is -2.15. The molecule has 0 saturated carbocycles. The Morgan fingerprint density at radius 1 is 1.32 bits per heavy atom. The molecule has 1 aromatic heterocycles. The maximum Gasteiger partial charge on any atom is 0.0798 e. The molecule has 1 heterocycles. The van der Waals surface area contributed by atoms with Crippen LogP contribution in [0, 0.1) is 6.92 Å². The van der Waals surface area contributed by atoms with Crippen LogP contribution in [0.2, 0.25) is 0 Å². The Morgan fingerprint density at radius 2 is 2.16 bits per heavy atom. The minimum atomic E-state index is 0.396. The highest BCUT2D eigenvalue weighted by Crippen LogP contribution is 2.25. The smallest absolute Gasteiger partial charge is 0.0798 e. The Hall–Kier alpha value is -1.19. The van der Waals surface area contributed by atoms with Crippen LogP contribution < -0.4 is 5.32 Å². The second kappa shape index (κ2) is 5.43. The third kappa shape index (κ3) is 2.72. The summed E-state index contributed by atoms with van der Waals surface area (Å²) in [5.41, 5.74) is 7.59. The third-order valence-corrected chi connectivity index (χ3v) is 4.97. The summed E-state index contributed by atoms with van der Waals surface area (Å²) in [5.74, 6) is 0. The normalized spacial score (nSPS) is 15.5. The van der Waals surface area contributed by atoms with Crippen molar-refractivity contribution in [3.8, 4) is 0 Å². The fourth-order valence-electron chi connectivity index (χ4n) is 2.72. The van der Waals surface area contributed by atoms with Gasteiger partial charge in [-0.3, -0.25) is 0 Å². The molecule has 0 aliphatic heterocycles. The van der Waals surface area contributed by atoms with Crippen LogP contribution in [0.15, 0.2) is 23.7 Å². The fourth-order valence-corrected chi connectivity index (χ4v) is 3.45. The molecule has 3 heteroatoms. The molecule has 2 aromatic rings. The lowest BCUT2D eigenvalue weighted by Crippen LogP contribution is -2.18. The van der Waals surface area contributed by atoms with Crippen molar-refractivity contribution >= 4 is 11.3 Å². The molecule has 100 valence electrons. The number of aryl methyl sites for hydroxylation is 3. The van der Waals surface area contributed by atoms with Crippen molar-refractivity contribution in [1.29, 1.82) is 0 Å². The molecule has 1 atom stereocenters. The molecule has 0 radical (unpaired) electrons. The molecular weight excluding hydrogens is 252 g/mol. The van der Waals surface area contributed by atoms with Gasteiger partial charge in [-0.2, -0.15) is 0 Å². The van der Waals surface area contributed by atoms with E-state index in [1.165, 1.54) is 29.7 Å². The van der Waals surface area contributed by atoms with Crippen molar-refractivity contribution in [2.24, 2.45) is 0 Å². The molecule has 1 unspecified atom stereocenters. The second-order valence-corrected chi connectivity index (χ2v) is 6.28. The number of aromatic nitrogens is 1. The van der Waals surface area contributed by atoms with E-state index in [9.17, 15) is 0 Å². The molecule has 0 bridgehead atoms. The average molecular weight is 272 g/mol. The van der Waals surface area contributed by atoms with E-state index in [0.29, 0.717) is 6.04 Å². The third-order valence-electron chi connectivity index (χ3n) is 4.04. The van der Waals surface area contributed by atoms with Gasteiger partial charge in [0.2, 0.25) is 0 Å². The lowest BCUT2D eigenvalue weighted by molar-refractivity contribution is 0.576. The Labute approximate surface area is 118 Å². The summed E-state index contributed by atoms with van der Waals surface area (Å²) in [6.45, 7) is 5.23.